The van der Waals surface area contributed by atoms with Crippen LogP contribution in [0.5, 0.6) is 0 Å². The Kier molecular flexibility index (Phi) is 10.5. The van der Waals surface area contributed by atoms with Crippen molar-refractivity contribution in [1.82, 2.24) is 0 Å². The number of rotatable bonds is 13. The molecular formula is C27H36N2O4. The average Bonchev–Trinajstić information content (AvgIpc) is 2.78. The fourth-order valence-corrected chi connectivity index (χ4v) is 3.80. The zero-order valence-electron chi connectivity index (χ0n) is 19.7. The van der Waals surface area contributed by atoms with Crippen LogP contribution in [0.1, 0.15) is 91.9 Å². The van der Waals surface area contributed by atoms with Crippen LogP contribution >= 0.6 is 0 Å². The summed E-state index contributed by atoms with van der Waals surface area (Å²) in [7, 11) is 0. The van der Waals surface area contributed by atoms with Crippen LogP contribution in [-0.4, -0.2) is 17.0 Å². The zero-order valence-corrected chi connectivity index (χ0v) is 19.7. The Morgan fingerprint density at radius 1 is 1.00 bits per heavy atom. The molecule has 5 N–H and O–H groups in total. The van der Waals surface area contributed by atoms with E-state index >= 15 is 0 Å². The highest BCUT2D eigenvalue weighted by atomic mass is 16.5. The first-order valence-electron chi connectivity index (χ1n) is 11.8. The summed E-state index contributed by atoms with van der Waals surface area (Å²) >= 11 is 0. The SMILES string of the molecule is CCCCCc1ccc(/C=C/C(=O)OC(CCCCC)c2c(N)cc(N)cc2C(=O)O)cc1. The third-order valence-electron chi connectivity index (χ3n) is 5.58. The molecule has 0 saturated carbocycles. The Morgan fingerprint density at radius 2 is 1.67 bits per heavy atom. The lowest BCUT2D eigenvalue weighted by Gasteiger charge is -2.21. The van der Waals surface area contributed by atoms with Gasteiger partial charge >= 0.3 is 11.9 Å². The van der Waals surface area contributed by atoms with Crippen molar-refractivity contribution in [3.63, 3.8) is 0 Å². The van der Waals surface area contributed by atoms with Gasteiger partial charge in [-0.25, -0.2) is 9.59 Å². The predicted octanol–water partition coefficient (Wildman–Crippen LogP) is 6.16. The summed E-state index contributed by atoms with van der Waals surface area (Å²) in [6, 6.07) is 11.0. The molecular weight excluding hydrogens is 416 g/mol. The summed E-state index contributed by atoms with van der Waals surface area (Å²) in [5.41, 5.74) is 14.8. The fourth-order valence-electron chi connectivity index (χ4n) is 3.80. The molecule has 1 atom stereocenters. The number of nitrogens with two attached hydrogens (primary N) is 2. The lowest BCUT2D eigenvalue weighted by molar-refractivity contribution is -0.143. The molecule has 0 aromatic heterocycles. The number of benzene rings is 2. The Hall–Kier alpha value is -3.28. The second-order valence-corrected chi connectivity index (χ2v) is 8.33. The van der Waals surface area contributed by atoms with Crippen molar-refractivity contribution in [2.45, 2.75) is 71.3 Å². The molecule has 0 aliphatic carbocycles. The minimum absolute atomic E-state index is 0.0376. The molecule has 0 aliphatic heterocycles. The van der Waals surface area contributed by atoms with Crippen molar-refractivity contribution in [3.8, 4) is 0 Å². The van der Waals surface area contributed by atoms with Gasteiger partial charge in [0.2, 0.25) is 0 Å². The largest absolute Gasteiger partial charge is 0.478 e. The van der Waals surface area contributed by atoms with Crippen molar-refractivity contribution in [1.29, 1.82) is 0 Å². The van der Waals surface area contributed by atoms with Crippen molar-refractivity contribution in [2.75, 3.05) is 11.5 Å². The molecule has 0 saturated heterocycles. The van der Waals surface area contributed by atoms with Gasteiger partial charge in [-0.05, 0) is 55.0 Å². The van der Waals surface area contributed by atoms with E-state index in [4.69, 9.17) is 16.2 Å². The zero-order chi connectivity index (χ0) is 24.2. The van der Waals surface area contributed by atoms with E-state index < -0.39 is 18.0 Å². The maximum absolute atomic E-state index is 12.6. The van der Waals surface area contributed by atoms with Gasteiger partial charge in [-0.1, -0.05) is 63.8 Å². The molecule has 33 heavy (non-hydrogen) atoms. The molecule has 6 nitrogen and oxygen atoms in total. The number of aryl methyl sites for hydroxylation is 1. The molecule has 0 radical (unpaired) electrons. The summed E-state index contributed by atoms with van der Waals surface area (Å²) in [5, 5.41) is 9.65. The van der Waals surface area contributed by atoms with E-state index in [9.17, 15) is 14.7 Å². The molecule has 2 aromatic rings. The monoisotopic (exact) mass is 452 g/mol. The summed E-state index contributed by atoms with van der Waals surface area (Å²) in [6.45, 7) is 4.25. The lowest BCUT2D eigenvalue weighted by Crippen LogP contribution is -2.16. The first-order chi connectivity index (χ1) is 15.8. The average molecular weight is 453 g/mol. The molecule has 1 unspecified atom stereocenters. The highest BCUT2D eigenvalue weighted by Crippen LogP contribution is 2.34. The molecule has 6 heteroatoms. The second kappa shape index (κ2) is 13.3. The van der Waals surface area contributed by atoms with Gasteiger partial charge < -0.3 is 21.3 Å². The number of anilines is 2. The third kappa shape index (κ3) is 8.29. The van der Waals surface area contributed by atoms with Crippen LogP contribution < -0.4 is 11.5 Å². The van der Waals surface area contributed by atoms with Gasteiger partial charge in [0.25, 0.3) is 0 Å². The molecule has 2 rings (SSSR count). The standard InChI is InChI=1S/C27H36N2O4/c1-3-5-7-9-19-11-13-20(14-12-19)15-16-25(30)33-24(10-8-6-4-2)26-22(27(31)32)17-21(28)18-23(26)29/h11-18,24H,3-10,28-29H2,1-2H3,(H,31,32)/b16-15+. The Bertz CT molecular complexity index is 951. The van der Waals surface area contributed by atoms with E-state index in [-0.39, 0.29) is 16.9 Å². The van der Waals surface area contributed by atoms with Gasteiger partial charge in [0, 0.05) is 23.0 Å². The van der Waals surface area contributed by atoms with Crippen LogP contribution in [0, 0.1) is 0 Å². The summed E-state index contributed by atoms with van der Waals surface area (Å²) in [6.07, 6.45) is 10.1. The molecule has 0 aliphatic rings. The lowest BCUT2D eigenvalue weighted by atomic mass is 9.95. The number of aromatic carboxylic acids is 1. The van der Waals surface area contributed by atoms with Crippen LogP contribution in [0.3, 0.4) is 0 Å². The number of hydrogen-bond acceptors (Lipinski definition) is 5. The molecule has 2 aromatic carbocycles. The minimum Gasteiger partial charge on any atom is -0.478 e. The number of carbonyl (C=O) groups excluding carboxylic acids is 1. The molecule has 0 spiro atoms. The van der Waals surface area contributed by atoms with E-state index in [2.05, 4.69) is 26.0 Å². The number of hydrogen-bond donors (Lipinski definition) is 3. The van der Waals surface area contributed by atoms with Crippen molar-refractivity contribution < 1.29 is 19.4 Å². The van der Waals surface area contributed by atoms with E-state index in [0.717, 1.165) is 31.2 Å². The van der Waals surface area contributed by atoms with Crippen LogP contribution in [-0.2, 0) is 16.0 Å². The molecule has 0 fully saturated rings. The number of esters is 1. The van der Waals surface area contributed by atoms with E-state index in [1.165, 1.54) is 43.0 Å². The molecule has 0 bridgehead atoms. The number of nitrogen functional groups attached to an aromatic ring is 2. The van der Waals surface area contributed by atoms with Gasteiger partial charge in [-0.15, -0.1) is 0 Å². The summed E-state index contributed by atoms with van der Waals surface area (Å²) in [4.78, 5) is 24.4. The van der Waals surface area contributed by atoms with Gasteiger partial charge in [-0.2, -0.15) is 0 Å². The number of ether oxygens (including phenoxy) is 1. The van der Waals surface area contributed by atoms with Crippen molar-refractivity contribution >= 4 is 29.4 Å². The van der Waals surface area contributed by atoms with E-state index in [1.807, 2.05) is 12.1 Å². The number of carbonyl (C=O) groups is 2. The number of carboxylic acids is 1. The van der Waals surface area contributed by atoms with Crippen LogP contribution in [0.15, 0.2) is 42.5 Å². The Labute approximate surface area is 196 Å². The normalized spacial score (nSPS) is 12.1. The molecule has 178 valence electrons. The number of unbranched alkanes of at least 4 members (excludes halogenated alkanes) is 4. The van der Waals surface area contributed by atoms with Gasteiger partial charge in [0.15, 0.2) is 0 Å². The minimum atomic E-state index is -1.16. The first-order valence-corrected chi connectivity index (χ1v) is 11.8. The Morgan fingerprint density at radius 3 is 2.30 bits per heavy atom. The fraction of sp³-hybridized carbons (Fsp3) is 0.407. The molecule has 0 amide bonds. The van der Waals surface area contributed by atoms with E-state index in [1.54, 1.807) is 6.08 Å². The molecule has 0 heterocycles. The first kappa shape index (κ1) is 26.0. The van der Waals surface area contributed by atoms with Crippen molar-refractivity contribution in [2.24, 2.45) is 0 Å². The van der Waals surface area contributed by atoms with Crippen LogP contribution in [0.25, 0.3) is 6.08 Å². The maximum atomic E-state index is 12.6. The van der Waals surface area contributed by atoms with Gasteiger partial charge in [0.05, 0.1) is 5.56 Å². The van der Waals surface area contributed by atoms with Crippen molar-refractivity contribution in [3.05, 3.63) is 64.7 Å². The topological polar surface area (TPSA) is 116 Å². The highest BCUT2D eigenvalue weighted by Gasteiger charge is 2.25. The van der Waals surface area contributed by atoms with Gasteiger partial charge in [-0.3, -0.25) is 0 Å². The van der Waals surface area contributed by atoms with E-state index in [0.29, 0.717) is 12.0 Å². The van der Waals surface area contributed by atoms with Crippen LogP contribution in [0.2, 0.25) is 0 Å². The highest BCUT2D eigenvalue weighted by molar-refractivity contribution is 5.93. The summed E-state index contributed by atoms with van der Waals surface area (Å²) in [5.74, 6) is -1.70. The predicted molar refractivity (Wildman–Crippen MR) is 134 cm³/mol. The quantitative estimate of drug-likeness (QED) is 0.145. The second-order valence-electron chi connectivity index (χ2n) is 8.33. The third-order valence-corrected chi connectivity index (χ3v) is 5.58. The van der Waals surface area contributed by atoms with Gasteiger partial charge in [0.1, 0.15) is 6.10 Å². The Balaban J connectivity index is 2.16. The maximum Gasteiger partial charge on any atom is 0.336 e. The number of carboxylic acid groups (broad SMARTS) is 1. The van der Waals surface area contributed by atoms with Crippen LogP contribution in [0.4, 0.5) is 11.4 Å². The smallest absolute Gasteiger partial charge is 0.336 e. The summed E-state index contributed by atoms with van der Waals surface area (Å²) < 4.78 is 5.70.